The van der Waals surface area contributed by atoms with Crippen LogP contribution in [0, 0.1) is 0 Å². The van der Waals surface area contributed by atoms with Crippen LogP contribution >= 0.6 is 0 Å². The molecule has 0 saturated carbocycles. The number of rotatable bonds is 7. The smallest absolute Gasteiger partial charge is 0.221 e. The first kappa shape index (κ1) is 36.9. The van der Waals surface area contributed by atoms with E-state index < -0.39 is 0 Å². The number of pyridine rings is 1. The van der Waals surface area contributed by atoms with Crippen molar-refractivity contribution in [1.29, 1.82) is 0 Å². The van der Waals surface area contributed by atoms with Crippen LogP contribution in [0.1, 0.15) is 32.3 Å². The van der Waals surface area contributed by atoms with Crippen molar-refractivity contribution >= 4 is 72.3 Å². The summed E-state index contributed by atoms with van der Waals surface area (Å²) >= 11 is 0. The van der Waals surface area contributed by atoms with E-state index in [-0.39, 0.29) is 5.54 Å². The lowest BCUT2D eigenvalue weighted by atomic mass is 9.75. The first-order valence-electron chi connectivity index (χ1n) is 22.0. The zero-order valence-electron chi connectivity index (χ0n) is 35.4. The monoisotopic (exact) mass is 813 g/mol. The summed E-state index contributed by atoms with van der Waals surface area (Å²) in [5.74, 6) is 1.55. The highest BCUT2D eigenvalue weighted by Gasteiger charge is 2.47. The second kappa shape index (κ2) is 14.4. The Morgan fingerprint density at radius 3 is 1.76 bits per heavy atom. The van der Waals surface area contributed by atoms with Gasteiger partial charge in [-0.15, -0.1) is 0 Å². The van der Waals surface area contributed by atoms with Gasteiger partial charge in [-0.1, -0.05) is 117 Å². The Morgan fingerprint density at radius 1 is 0.524 bits per heavy atom. The number of aromatic nitrogens is 2. The first-order chi connectivity index (χ1) is 31.1. The van der Waals surface area contributed by atoms with Crippen LogP contribution in [0.3, 0.4) is 0 Å². The molecule has 0 N–H and O–H groups in total. The van der Waals surface area contributed by atoms with Crippen molar-refractivity contribution in [3.8, 4) is 28.4 Å². The highest BCUT2D eigenvalue weighted by molar-refractivity contribution is 6.09. The van der Waals surface area contributed by atoms with Gasteiger partial charge in [0.15, 0.2) is 23.2 Å². The third-order valence-corrected chi connectivity index (χ3v) is 13.6. The molecule has 0 unspecified atom stereocenters. The molecule has 2 aliphatic rings. The molecule has 0 amide bonds. The number of hydrogen-bond acceptors (Lipinski definition) is 3. The Hall–Kier alpha value is -7.89. The summed E-state index contributed by atoms with van der Waals surface area (Å²) in [7, 11) is 0. The van der Waals surface area contributed by atoms with Crippen molar-refractivity contribution in [2.75, 3.05) is 9.80 Å². The van der Waals surface area contributed by atoms with Gasteiger partial charge in [0, 0.05) is 70.1 Å². The summed E-state index contributed by atoms with van der Waals surface area (Å²) in [6.45, 7) is 9.42. The van der Waals surface area contributed by atoms with Crippen LogP contribution in [0.2, 0.25) is 0 Å². The van der Waals surface area contributed by atoms with E-state index in [4.69, 9.17) is 11.3 Å². The van der Waals surface area contributed by atoms with Crippen LogP contribution in [-0.4, -0.2) is 4.57 Å². The Morgan fingerprint density at radius 2 is 1.10 bits per heavy atom. The number of nitrogens with zero attached hydrogens (tertiary/aromatic N) is 4. The molecule has 63 heavy (non-hydrogen) atoms. The van der Waals surface area contributed by atoms with Gasteiger partial charge < -0.3 is 19.1 Å². The molecule has 0 spiro atoms. The summed E-state index contributed by atoms with van der Waals surface area (Å²) in [5, 5.41) is 4.91. The van der Waals surface area contributed by atoms with E-state index in [9.17, 15) is 0 Å². The highest BCUT2D eigenvalue weighted by atomic mass is 16.5. The van der Waals surface area contributed by atoms with E-state index in [2.05, 4.69) is 233 Å². The maximum absolute atomic E-state index is 7.15. The molecule has 0 radical (unpaired) electrons. The average Bonchev–Trinajstić information content (AvgIpc) is 3.68. The molecule has 0 bridgehead atoms. The van der Waals surface area contributed by atoms with Gasteiger partial charge >= 0.3 is 0 Å². The molecule has 2 aliphatic heterocycles. The fourth-order valence-electron chi connectivity index (χ4n) is 10.5. The van der Waals surface area contributed by atoms with Crippen LogP contribution in [-0.2, 0) is 5.54 Å². The lowest BCUT2D eigenvalue weighted by molar-refractivity contribution is -0.740. The summed E-state index contributed by atoms with van der Waals surface area (Å²) in [4.78, 5) is 4.67. The number of hydrogen-bond donors (Lipinski definition) is 0. The maximum atomic E-state index is 7.15. The van der Waals surface area contributed by atoms with Gasteiger partial charge in [-0.05, 0) is 89.8 Å². The SMILES string of the molecule is C=C1c2ccc(N3c4ccc(N(c5ccccc5)c5ccccc5)cc4Oc4cc(-n5c6ccccc6c6ccccc65)ccc43)cc2-c2c3ccccc3cc[n+]2C1(CC)CC. The minimum atomic E-state index is -0.227. The second-order valence-electron chi connectivity index (χ2n) is 16.7. The predicted octanol–water partition coefficient (Wildman–Crippen LogP) is 15.5. The van der Waals surface area contributed by atoms with Crippen LogP contribution in [0.4, 0.5) is 34.1 Å². The van der Waals surface area contributed by atoms with Crippen LogP contribution in [0.25, 0.3) is 55.1 Å². The third-order valence-electron chi connectivity index (χ3n) is 13.6. The number of fused-ring (bicyclic) bond motifs is 10. The van der Waals surface area contributed by atoms with E-state index in [0.29, 0.717) is 0 Å². The Balaban J connectivity index is 1.09. The number of ether oxygens (including phenoxy) is 1. The van der Waals surface area contributed by atoms with Crippen molar-refractivity contribution in [3.05, 3.63) is 212 Å². The van der Waals surface area contributed by atoms with E-state index in [0.717, 1.165) is 80.8 Å². The third kappa shape index (κ3) is 5.52. The predicted molar refractivity (Wildman–Crippen MR) is 261 cm³/mol. The largest absolute Gasteiger partial charge is 0.453 e. The number of para-hydroxylation sites is 4. The summed E-state index contributed by atoms with van der Waals surface area (Å²) in [6, 6.07) is 69.6. The number of allylic oxidation sites excluding steroid dienone is 1. The average molecular weight is 814 g/mol. The minimum Gasteiger partial charge on any atom is -0.453 e. The van der Waals surface area contributed by atoms with Crippen LogP contribution < -0.4 is 19.1 Å². The molecular formula is C58H45N4O+. The van der Waals surface area contributed by atoms with Gasteiger partial charge in [-0.2, -0.15) is 4.57 Å². The van der Waals surface area contributed by atoms with Gasteiger partial charge in [0.25, 0.3) is 0 Å². The zero-order valence-corrected chi connectivity index (χ0v) is 35.4. The van der Waals surface area contributed by atoms with Gasteiger partial charge in [0.05, 0.1) is 39.0 Å². The van der Waals surface area contributed by atoms with Crippen LogP contribution in [0.5, 0.6) is 11.5 Å². The molecule has 5 heteroatoms. The first-order valence-corrected chi connectivity index (χ1v) is 22.0. The lowest BCUT2D eigenvalue weighted by Gasteiger charge is -2.37. The molecule has 5 nitrogen and oxygen atoms in total. The van der Waals surface area contributed by atoms with Crippen LogP contribution in [0.15, 0.2) is 207 Å². The van der Waals surface area contributed by atoms with E-state index >= 15 is 0 Å². The van der Waals surface area contributed by atoms with Gasteiger partial charge in [0.1, 0.15) is 0 Å². The van der Waals surface area contributed by atoms with Crippen molar-refractivity contribution in [2.45, 2.75) is 32.2 Å². The molecule has 302 valence electrons. The van der Waals surface area contributed by atoms with Gasteiger partial charge in [-0.25, -0.2) is 0 Å². The maximum Gasteiger partial charge on any atom is 0.221 e. The molecule has 12 rings (SSSR count). The van der Waals surface area contributed by atoms with Gasteiger partial charge in [-0.3, -0.25) is 0 Å². The molecule has 0 fully saturated rings. The molecule has 0 aliphatic carbocycles. The Labute approximate surface area is 367 Å². The Bertz CT molecular complexity index is 3350. The van der Waals surface area contributed by atoms with Gasteiger partial charge in [0.2, 0.25) is 5.69 Å². The fraction of sp³-hybridized carbons (Fsp3) is 0.0862. The summed E-state index contributed by atoms with van der Waals surface area (Å²) in [6.07, 6.45) is 4.18. The molecule has 0 atom stereocenters. The summed E-state index contributed by atoms with van der Waals surface area (Å²) in [5.41, 5.74) is 14.0. The van der Waals surface area contributed by atoms with Crippen molar-refractivity contribution in [1.82, 2.24) is 4.57 Å². The van der Waals surface area contributed by atoms with E-state index in [1.807, 2.05) is 0 Å². The van der Waals surface area contributed by atoms with Crippen molar-refractivity contribution in [2.24, 2.45) is 0 Å². The molecule has 4 heterocycles. The normalized spacial score (nSPS) is 13.6. The minimum absolute atomic E-state index is 0.227. The lowest BCUT2D eigenvalue weighted by Crippen LogP contribution is -2.59. The summed E-state index contributed by atoms with van der Waals surface area (Å²) < 4.78 is 12.0. The molecule has 10 aromatic rings. The Kier molecular flexibility index (Phi) is 8.41. The van der Waals surface area contributed by atoms with E-state index in [1.54, 1.807) is 0 Å². The van der Waals surface area contributed by atoms with E-state index in [1.165, 1.54) is 38.4 Å². The quantitative estimate of drug-likeness (QED) is 0.150. The topological polar surface area (TPSA) is 24.5 Å². The number of anilines is 6. The molecular weight excluding hydrogens is 769 g/mol. The van der Waals surface area contributed by atoms with Crippen molar-refractivity contribution in [3.63, 3.8) is 0 Å². The zero-order chi connectivity index (χ0) is 42.2. The standard InChI is InChI=1S/C58H45N4O/c1-4-58(5-2)39(3)46-31-28-43(36-50(46)57-47-23-13-12-18-40(47)34-35-59(57)58)62-53-32-29-44(60(41-19-8-6-9-20-41)42-21-10-7-11-22-42)37-55(53)63-56-38-45(30-33-54(56)62)61-51-26-16-14-24-48(51)49-25-15-17-27-52(49)61/h6-38H,3-5H2,1-2H3/q+1. The molecule has 0 saturated heterocycles. The second-order valence-corrected chi connectivity index (χ2v) is 16.7. The van der Waals surface area contributed by atoms with Crippen molar-refractivity contribution < 1.29 is 9.30 Å². The molecule has 2 aromatic heterocycles. The highest BCUT2D eigenvalue weighted by Crippen LogP contribution is 2.55. The fourth-order valence-corrected chi connectivity index (χ4v) is 10.5. The number of benzene rings is 8. The molecule has 8 aromatic carbocycles.